The maximum absolute atomic E-state index is 4.18. The van der Waals surface area contributed by atoms with Gasteiger partial charge in [0.05, 0.1) is 5.69 Å². The van der Waals surface area contributed by atoms with Gasteiger partial charge in [-0.15, -0.1) is 0 Å². The van der Waals surface area contributed by atoms with E-state index in [1.165, 1.54) is 11.1 Å². The number of nitrogens with zero attached hydrogens (tertiary/aromatic N) is 2. The predicted molar refractivity (Wildman–Crippen MR) is 67.2 cm³/mol. The maximum Gasteiger partial charge on any atom is 0.0678 e. The topological polar surface area (TPSA) is 17.8 Å². The maximum atomic E-state index is 4.18. The summed E-state index contributed by atoms with van der Waals surface area (Å²) in [7, 11) is 1.97. The van der Waals surface area contributed by atoms with E-state index in [4.69, 9.17) is 0 Å². The van der Waals surface area contributed by atoms with Crippen LogP contribution in [0.1, 0.15) is 19.4 Å². The highest BCUT2D eigenvalue weighted by atomic mass is 15.2. The van der Waals surface area contributed by atoms with Crippen LogP contribution in [0.3, 0.4) is 0 Å². The van der Waals surface area contributed by atoms with Gasteiger partial charge in [-0.3, -0.25) is 4.68 Å². The fourth-order valence-electron chi connectivity index (χ4n) is 1.94. The molecule has 0 unspecified atom stereocenters. The Kier molecular flexibility index (Phi) is 3.09. The molecule has 0 aliphatic carbocycles. The molecule has 0 radical (unpaired) electrons. The molecule has 2 nitrogen and oxygen atoms in total. The number of aromatic nitrogens is 2. The SMILES string of the molecule is CC(C)Cc1ccc(-c2ccnn2C)cc1. The molecule has 0 bridgehead atoms. The molecule has 0 saturated heterocycles. The van der Waals surface area contributed by atoms with Gasteiger partial charge >= 0.3 is 0 Å². The van der Waals surface area contributed by atoms with Crippen molar-refractivity contribution < 1.29 is 0 Å². The fraction of sp³-hybridized carbons (Fsp3) is 0.357. The molecular formula is C14H18N2. The minimum absolute atomic E-state index is 0.711. The molecule has 0 N–H and O–H groups in total. The van der Waals surface area contributed by atoms with E-state index in [9.17, 15) is 0 Å². The molecule has 0 saturated carbocycles. The van der Waals surface area contributed by atoms with Crippen molar-refractivity contribution in [2.45, 2.75) is 20.3 Å². The van der Waals surface area contributed by atoms with Crippen molar-refractivity contribution in [3.63, 3.8) is 0 Å². The Morgan fingerprint density at radius 1 is 1.12 bits per heavy atom. The molecular weight excluding hydrogens is 196 g/mol. The van der Waals surface area contributed by atoms with Crippen LogP contribution in [0, 0.1) is 5.92 Å². The second-order valence-corrected chi connectivity index (χ2v) is 4.63. The molecule has 0 fully saturated rings. The van der Waals surface area contributed by atoms with Gasteiger partial charge < -0.3 is 0 Å². The zero-order valence-electron chi connectivity index (χ0n) is 10.1. The van der Waals surface area contributed by atoms with Crippen molar-refractivity contribution in [3.05, 3.63) is 42.1 Å². The van der Waals surface area contributed by atoms with Crippen molar-refractivity contribution in [3.8, 4) is 11.3 Å². The van der Waals surface area contributed by atoms with Crippen LogP contribution in [0.25, 0.3) is 11.3 Å². The molecule has 0 aliphatic rings. The Hall–Kier alpha value is -1.57. The van der Waals surface area contributed by atoms with Crippen molar-refractivity contribution in [1.29, 1.82) is 0 Å². The van der Waals surface area contributed by atoms with Gasteiger partial charge in [-0.2, -0.15) is 5.10 Å². The van der Waals surface area contributed by atoms with Gasteiger partial charge in [-0.05, 0) is 29.5 Å². The van der Waals surface area contributed by atoms with Gasteiger partial charge in [-0.1, -0.05) is 38.1 Å². The van der Waals surface area contributed by atoms with Crippen molar-refractivity contribution in [2.75, 3.05) is 0 Å². The molecule has 0 aliphatic heterocycles. The third-order valence-electron chi connectivity index (χ3n) is 2.71. The van der Waals surface area contributed by atoms with E-state index in [1.807, 2.05) is 24.0 Å². The van der Waals surface area contributed by atoms with Crippen LogP contribution in [-0.4, -0.2) is 9.78 Å². The summed E-state index contributed by atoms with van der Waals surface area (Å²) in [6, 6.07) is 10.8. The molecule has 1 heterocycles. The molecule has 0 spiro atoms. The third-order valence-corrected chi connectivity index (χ3v) is 2.71. The number of hydrogen-bond donors (Lipinski definition) is 0. The van der Waals surface area contributed by atoms with Crippen molar-refractivity contribution >= 4 is 0 Å². The first kappa shape index (κ1) is 10.9. The number of hydrogen-bond acceptors (Lipinski definition) is 1. The summed E-state index contributed by atoms with van der Waals surface area (Å²) in [5, 5.41) is 4.18. The summed E-state index contributed by atoms with van der Waals surface area (Å²) >= 11 is 0. The Morgan fingerprint density at radius 2 is 1.81 bits per heavy atom. The lowest BCUT2D eigenvalue weighted by molar-refractivity contribution is 0.647. The van der Waals surface area contributed by atoms with Gasteiger partial charge in [0.25, 0.3) is 0 Å². The zero-order valence-corrected chi connectivity index (χ0v) is 10.1. The van der Waals surface area contributed by atoms with E-state index in [0.29, 0.717) is 5.92 Å². The van der Waals surface area contributed by atoms with Crippen LogP contribution in [0.5, 0.6) is 0 Å². The lowest BCUT2D eigenvalue weighted by atomic mass is 10.0. The largest absolute Gasteiger partial charge is 0.268 e. The first-order chi connectivity index (χ1) is 7.66. The highest BCUT2D eigenvalue weighted by molar-refractivity contribution is 5.59. The van der Waals surface area contributed by atoms with Gasteiger partial charge in [0, 0.05) is 13.2 Å². The number of rotatable bonds is 3. The lowest BCUT2D eigenvalue weighted by Gasteiger charge is -2.06. The van der Waals surface area contributed by atoms with Gasteiger partial charge in [0.2, 0.25) is 0 Å². The molecule has 1 aromatic carbocycles. The van der Waals surface area contributed by atoms with Crippen LogP contribution < -0.4 is 0 Å². The molecule has 84 valence electrons. The lowest BCUT2D eigenvalue weighted by Crippen LogP contribution is -1.95. The summed E-state index contributed by atoms with van der Waals surface area (Å²) in [6.07, 6.45) is 2.98. The first-order valence-corrected chi connectivity index (χ1v) is 5.74. The highest BCUT2D eigenvalue weighted by Gasteiger charge is 2.02. The van der Waals surface area contributed by atoms with Gasteiger partial charge in [0.15, 0.2) is 0 Å². The number of aryl methyl sites for hydroxylation is 1. The Labute approximate surface area is 96.9 Å². The quantitative estimate of drug-likeness (QED) is 0.766. The van der Waals surface area contributed by atoms with E-state index in [2.05, 4.69) is 43.2 Å². The van der Waals surface area contributed by atoms with Crippen molar-refractivity contribution in [1.82, 2.24) is 9.78 Å². The summed E-state index contributed by atoms with van der Waals surface area (Å²) < 4.78 is 1.90. The normalized spacial score (nSPS) is 11.0. The molecule has 16 heavy (non-hydrogen) atoms. The molecule has 1 aromatic heterocycles. The molecule has 2 heteroatoms. The summed E-state index contributed by atoms with van der Waals surface area (Å²) in [5.41, 5.74) is 3.80. The monoisotopic (exact) mass is 214 g/mol. The van der Waals surface area contributed by atoms with E-state index in [-0.39, 0.29) is 0 Å². The zero-order chi connectivity index (χ0) is 11.5. The van der Waals surface area contributed by atoms with E-state index in [1.54, 1.807) is 0 Å². The van der Waals surface area contributed by atoms with Crippen LogP contribution in [-0.2, 0) is 13.5 Å². The van der Waals surface area contributed by atoms with Gasteiger partial charge in [-0.25, -0.2) is 0 Å². The van der Waals surface area contributed by atoms with Crippen LogP contribution in [0.15, 0.2) is 36.5 Å². The average molecular weight is 214 g/mol. The van der Waals surface area contributed by atoms with Crippen LogP contribution in [0.4, 0.5) is 0 Å². The standard InChI is InChI=1S/C14H18N2/c1-11(2)10-12-4-6-13(7-5-12)14-8-9-15-16(14)3/h4-9,11H,10H2,1-3H3. The minimum atomic E-state index is 0.711. The molecule has 2 rings (SSSR count). The fourth-order valence-corrected chi connectivity index (χ4v) is 1.94. The first-order valence-electron chi connectivity index (χ1n) is 5.74. The van der Waals surface area contributed by atoms with Crippen molar-refractivity contribution in [2.24, 2.45) is 13.0 Å². The third kappa shape index (κ3) is 2.32. The summed E-state index contributed by atoms with van der Waals surface area (Å²) in [6.45, 7) is 4.49. The molecule has 0 amide bonds. The average Bonchev–Trinajstić information content (AvgIpc) is 2.65. The Balaban J connectivity index is 2.23. The highest BCUT2D eigenvalue weighted by Crippen LogP contribution is 2.19. The molecule has 2 aromatic rings. The second kappa shape index (κ2) is 4.52. The number of benzene rings is 1. The van der Waals surface area contributed by atoms with E-state index in [0.717, 1.165) is 12.1 Å². The van der Waals surface area contributed by atoms with E-state index < -0.39 is 0 Å². The summed E-state index contributed by atoms with van der Waals surface area (Å²) in [5.74, 6) is 0.711. The Morgan fingerprint density at radius 3 is 2.31 bits per heavy atom. The Bertz CT molecular complexity index is 452. The smallest absolute Gasteiger partial charge is 0.0678 e. The summed E-state index contributed by atoms with van der Waals surface area (Å²) in [4.78, 5) is 0. The molecule has 0 atom stereocenters. The van der Waals surface area contributed by atoms with Crippen LogP contribution >= 0.6 is 0 Å². The van der Waals surface area contributed by atoms with E-state index >= 15 is 0 Å². The predicted octanol–water partition coefficient (Wildman–Crippen LogP) is 3.29. The second-order valence-electron chi connectivity index (χ2n) is 4.63. The van der Waals surface area contributed by atoms with Crippen LogP contribution in [0.2, 0.25) is 0 Å². The minimum Gasteiger partial charge on any atom is -0.268 e. The van der Waals surface area contributed by atoms with Gasteiger partial charge in [0.1, 0.15) is 0 Å².